The van der Waals surface area contributed by atoms with Crippen LogP contribution >= 0.6 is 0 Å². The van der Waals surface area contributed by atoms with Gasteiger partial charge in [-0.2, -0.15) is 13.2 Å². The molecule has 0 amide bonds. The zero-order chi connectivity index (χ0) is 15.3. The normalized spacial score (nSPS) is 12.8. The Morgan fingerprint density at radius 3 is 2.45 bits per heavy atom. The van der Waals surface area contributed by atoms with Gasteiger partial charge < -0.3 is 19.7 Å². The Morgan fingerprint density at radius 1 is 1.35 bits per heavy atom. The number of alkyl halides is 3. The molecule has 5 nitrogen and oxygen atoms in total. The number of hydrogen-bond donors (Lipinski definition) is 2. The van der Waals surface area contributed by atoms with Gasteiger partial charge in [-0.05, 0) is 17.7 Å². The van der Waals surface area contributed by atoms with Gasteiger partial charge in [0.2, 0.25) is 6.10 Å². The van der Waals surface area contributed by atoms with Gasteiger partial charge in [-0.15, -0.1) is 0 Å². The molecule has 0 aliphatic rings. The van der Waals surface area contributed by atoms with Crippen LogP contribution in [0.15, 0.2) is 18.2 Å². The number of carboxylic acids is 1. The molecule has 0 saturated carbocycles. The number of hydrogen-bond acceptors (Lipinski definition) is 4. The average Bonchev–Trinajstić information content (AvgIpc) is 2.36. The zero-order valence-electron chi connectivity index (χ0n) is 10.5. The lowest BCUT2D eigenvalue weighted by molar-refractivity contribution is -0.200. The lowest BCUT2D eigenvalue weighted by Gasteiger charge is -2.21. The van der Waals surface area contributed by atoms with Crippen molar-refractivity contribution in [1.82, 2.24) is 0 Å². The van der Waals surface area contributed by atoms with Gasteiger partial charge in [-0.1, -0.05) is 6.07 Å². The molecule has 1 unspecified atom stereocenters. The molecule has 8 heteroatoms. The highest BCUT2D eigenvalue weighted by Gasteiger charge is 2.43. The highest BCUT2D eigenvalue weighted by atomic mass is 19.4. The van der Waals surface area contributed by atoms with Crippen LogP contribution in [-0.2, 0) is 11.4 Å². The third-order valence-electron chi connectivity index (χ3n) is 2.40. The van der Waals surface area contributed by atoms with Crippen molar-refractivity contribution in [3.05, 3.63) is 23.8 Å². The highest BCUT2D eigenvalue weighted by Crippen LogP contribution is 2.33. The molecule has 0 bridgehead atoms. The summed E-state index contributed by atoms with van der Waals surface area (Å²) in [5.74, 6) is -1.89. The summed E-state index contributed by atoms with van der Waals surface area (Å²) in [7, 11) is 1.23. The second kappa shape index (κ2) is 6.47. The Labute approximate surface area is 112 Å². The van der Waals surface area contributed by atoms with Gasteiger partial charge in [0.05, 0.1) is 20.1 Å². The highest BCUT2D eigenvalue weighted by molar-refractivity contribution is 5.67. The number of carbonyl (C=O) groups is 1. The predicted octanol–water partition coefficient (Wildman–Crippen LogP) is 1.97. The van der Waals surface area contributed by atoms with Crippen LogP contribution in [0.1, 0.15) is 12.0 Å². The molecule has 1 rings (SSSR count). The number of benzene rings is 1. The molecule has 112 valence electrons. The van der Waals surface area contributed by atoms with E-state index in [1.165, 1.54) is 25.3 Å². The molecule has 1 atom stereocenters. The minimum absolute atomic E-state index is 0.0174. The summed E-state index contributed by atoms with van der Waals surface area (Å²) in [6.45, 7) is -0.311. The smallest absolute Gasteiger partial charge is 0.426 e. The molecule has 20 heavy (non-hydrogen) atoms. The molecule has 0 heterocycles. The number of rotatable bonds is 6. The van der Waals surface area contributed by atoms with Crippen molar-refractivity contribution >= 4 is 5.97 Å². The van der Waals surface area contributed by atoms with Gasteiger partial charge >= 0.3 is 12.1 Å². The fourth-order valence-electron chi connectivity index (χ4n) is 1.44. The van der Waals surface area contributed by atoms with Crippen molar-refractivity contribution in [2.24, 2.45) is 0 Å². The van der Waals surface area contributed by atoms with E-state index in [0.29, 0.717) is 5.56 Å². The fraction of sp³-hybridized carbons (Fsp3) is 0.417. The van der Waals surface area contributed by atoms with E-state index < -0.39 is 24.7 Å². The third kappa shape index (κ3) is 4.30. The molecule has 0 fully saturated rings. The summed E-state index contributed by atoms with van der Waals surface area (Å²) in [5.41, 5.74) is 0.427. The Balaban J connectivity index is 3.01. The first kappa shape index (κ1) is 16.1. The largest absolute Gasteiger partial charge is 0.493 e. The first-order valence-electron chi connectivity index (χ1n) is 5.51. The van der Waals surface area contributed by atoms with Crippen molar-refractivity contribution < 1.29 is 37.7 Å². The van der Waals surface area contributed by atoms with Crippen LogP contribution in [0.25, 0.3) is 0 Å². The minimum Gasteiger partial charge on any atom is -0.493 e. The van der Waals surface area contributed by atoms with E-state index >= 15 is 0 Å². The van der Waals surface area contributed by atoms with Crippen molar-refractivity contribution in [3.63, 3.8) is 0 Å². The van der Waals surface area contributed by atoms with E-state index in [-0.39, 0.29) is 18.1 Å². The predicted molar refractivity (Wildman–Crippen MR) is 61.6 cm³/mol. The monoisotopic (exact) mass is 294 g/mol. The molecular formula is C12H13F3O5. The first-order valence-corrected chi connectivity index (χ1v) is 5.51. The molecule has 0 aliphatic carbocycles. The quantitative estimate of drug-likeness (QED) is 0.839. The summed E-state index contributed by atoms with van der Waals surface area (Å²) in [6, 6.07) is 3.85. The number of aliphatic carboxylic acids is 1. The molecule has 1 aromatic rings. The molecule has 0 spiro atoms. The first-order chi connectivity index (χ1) is 9.27. The van der Waals surface area contributed by atoms with Crippen LogP contribution in [0, 0.1) is 0 Å². The summed E-state index contributed by atoms with van der Waals surface area (Å²) < 4.78 is 47.6. The molecule has 1 aromatic carbocycles. The summed E-state index contributed by atoms with van der Waals surface area (Å²) in [4.78, 5) is 10.5. The van der Waals surface area contributed by atoms with Gasteiger partial charge in [0, 0.05) is 0 Å². The van der Waals surface area contributed by atoms with E-state index in [0.717, 1.165) is 0 Å². The van der Waals surface area contributed by atoms with Crippen LogP contribution in [0.5, 0.6) is 11.5 Å². The van der Waals surface area contributed by atoms with Crippen LogP contribution in [0.2, 0.25) is 0 Å². The third-order valence-corrected chi connectivity index (χ3v) is 2.40. The summed E-state index contributed by atoms with van der Waals surface area (Å²) >= 11 is 0. The van der Waals surface area contributed by atoms with Crippen molar-refractivity contribution in [3.8, 4) is 11.5 Å². The van der Waals surface area contributed by atoms with Gasteiger partial charge in [0.15, 0.2) is 11.5 Å². The van der Waals surface area contributed by atoms with Crippen molar-refractivity contribution in [2.45, 2.75) is 25.3 Å². The maximum absolute atomic E-state index is 12.7. The zero-order valence-corrected chi connectivity index (χ0v) is 10.5. The molecule has 0 radical (unpaired) electrons. The molecule has 2 N–H and O–H groups in total. The molecule has 0 saturated heterocycles. The molecular weight excluding hydrogens is 281 g/mol. The summed E-state index contributed by atoms with van der Waals surface area (Å²) in [5, 5.41) is 17.4. The standard InChI is InChI=1S/C12H13F3O5/c1-19-9-4-7(6-16)2-3-8(9)20-10(5-11(17)18)12(13,14)15/h2-4,10,16H,5-6H2,1H3,(H,17,18). The van der Waals surface area contributed by atoms with E-state index in [1.807, 2.05) is 0 Å². The van der Waals surface area contributed by atoms with E-state index in [4.69, 9.17) is 19.7 Å². The number of ether oxygens (including phenoxy) is 2. The van der Waals surface area contributed by atoms with Crippen LogP contribution < -0.4 is 9.47 Å². The maximum atomic E-state index is 12.7. The van der Waals surface area contributed by atoms with Crippen molar-refractivity contribution in [1.29, 1.82) is 0 Å². The SMILES string of the molecule is COc1cc(CO)ccc1OC(CC(=O)O)C(F)(F)F. The van der Waals surface area contributed by atoms with Gasteiger partial charge in [0.1, 0.15) is 0 Å². The summed E-state index contributed by atoms with van der Waals surface area (Å²) in [6.07, 6.45) is -8.51. The lowest BCUT2D eigenvalue weighted by Crippen LogP contribution is -2.36. The van der Waals surface area contributed by atoms with E-state index in [9.17, 15) is 18.0 Å². The molecule has 0 aliphatic heterocycles. The Bertz CT molecular complexity index is 473. The molecule has 0 aromatic heterocycles. The maximum Gasteiger partial charge on any atom is 0.426 e. The van der Waals surface area contributed by atoms with E-state index in [2.05, 4.69) is 0 Å². The fourth-order valence-corrected chi connectivity index (χ4v) is 1.44. The number of carboxylic acid groups (broad SMARTS) is 1. The van der Waals surface area contributed by atoms with Crippen LogP contribution in [-0.4, -0.2) is 35.6 Å². The Kier molecular flexibility index (Phi) is 5.20. The van der Waals surface area contributed by atoms with Gasteiger partial charge in [-0.25, -0.2) is 0 Å². The lowest BCUT2D eigenvalue weighted by atomic mass is 10.2. The van der Waals surface area contributed by atoms with E-state index in [1.54, 1.807) is 0 Å². The van der Waals surface area contributed by atoms with Gasteiger partial charge in [-0.3, -0.25) is 4.79 Å². The van der Waals surface area contributed by atoms with Crippen LogP contribution in [0.4, 0.5) is 13.2 Å². The Morgan fingerprint density at radius 2 is 2.00 bits per heavy atom. The Hall–Kier alpha value is -1.96. The number of methoxy groups -OCH3 is 1. The number of halogens is 3. The minimum atomic E-state index is -4.82. The number of aliphatic hydroxyl groups is 1. The van der Waals surface area contributed by atoms with Crippen molar-refractivity contribution in [2.75, 3.05) is 7.11 Å². The second-order valence-corrected chi connectivity index (χ2v) is 3.89. The number of aliphatic hydroxyl groups excluding tert-OH is 1. The van der Waals surface area contributed by atoms with Crippen LogP contribution in [0.3, 0.4) is 0 Å². The second-order valence-electron chi connectivity index (χ2n) is 3.89. The topological polar surface area (TPSA) is 76.0 Å². The van der Waals surface area contributed by atoms with Gasteiger partial charge in [0.25, 0.3) is 0 Å². The average molecular weight is 294 g/mol.